The molecule has 0 bridgehead atoms. The second-order valence-corrected chi connectivity index (χ2v) is 9.32. The molecule has 1 atom stereocenters. The van der Waals surface area contributed by atoms with Crippen LogP contribution in [0.15, 0.2) is 47.3 Å². The second kappa shape index (κ2) is 12.2. The lowest BCUT2D eigenvalue weighted by molar-refractivity contribution is -0.134. The summed E-state index contributed by atoms with van der Waals surface area (Å²) >= 11 is 6.22. The SMILES string of the molecule is CCCCCC(=O)N(CCCC)C(CC)c1nc2ccccc2c(=O)n1-c1ccc(Cl)cc1C. The summed E-state index contributed by atoms with van der Waals surface area (Å²) in [4.78, 5) is 34.2. The van der Waals surface area contributed by atoms with Crippen LogP contribution >= 0.6 is 11.6 Å². The van der Waals surface area contributed by atoms with Gasteiger partial charge in [-0.15, -0.1) is 0 Å². The standard InChI is InChI=1S/C28H36ClN3O2/c1-5-8-10-15-26(33)31(18-9-6-2)24(7-3)27-30-23-14-12-11-13-22(23)28(34)32(27)25-17-16-21(29)19-20(25)4/h11-14,16-17,19,24H,5-10,15,18H2,1-4H3. The van der Waals surface area contributed by atoms with Crippen molar-refractivity contribution in [1.82, 2.24) is 14.5 Å². The molecular weight excluding hydrogens is 446 g/mol. The lowest BCUT2D eigenvalue weighted by Crippen LogP contribution is -2.39. The molecule has 3 aromatic rings. The number of carbonyl (C=O) groups excluding carboxylic acids is 1. The number of hydrogen-bond acceptors (Lipinski definition) is 3. The third kappa shape index (κ3) is 5.69. The van der Waals surface area contributed by atoms with Crippen LogP contribution in [-0.2, 0) is 4.79 Å². The van der Waals surface area contributed by atoms with Crippen molar-refractivity contribution >= 4 is 28.4 Å². The van der Waals surface area contributed by atoms with Crippen LogP contribution < -0.4 is 5.56 Å². The summed E-state index contributed by atoms with van der Waals surface area (Å²) in [6.45, 7) is 8.92. The zero-order chi connectivity index (χ0) is 24.7. The minimum atomic E-state index is -0.298. The molecule has 0 spiro atoms. The van der Waals surface area contributed by atoms with Crippen molar-refractivity contribution < 1.29 is 4.79 Å². The van der Waals surface area contributed by atoms with Crippen LogP contribution in [0.3, 0.4) is 0 Å². The maximum Gasteiger partial charge on any atom is 0.266 e. The molecule has 34 heavy (non-hydrogen) atoms. The van der Waals surface area contributed by atoms with Gasteiger partial charge in [0.25, 0.3) is 5.56 Å². The van der Waals surface area contributed by atoms with Crippen LogP contribution in [0.2, 0.25) is 5.02 Å². The van der Waals surface area contributed by atoms with E-state index in [1.807, 2.05) is 48.2 Å². The Hall–Kier alpha value is -2.66. The first-order chi connectivity index (χ1) is 16.4. The smallest absolute Gasteiger partial charge is 0.266 e. The fraction of sp³-hybridized carbons (Fsp3) is 0.464. The topological polar surface area (TPSA) is 55.2 Å². The van der Waals surface area contributed by atoms with E-state index in [1.165, 1.54) is 0 Å². The predicted molar refractivity (Wildman–Crippen MR) is 141 cm³/mol. The van der Waals surface area contributed by atoms with Crippen molar-refractivity contribution in [2.45, 2.75) is 78.7 Å². The van der Waals surface area contributed by atoms with E-state index in [-0.39, 0.29) is 17.5 Å². The molecule has 0 aliphatic carbocycles. The predicted octanol–water partition coefficient (Wildman–Crippen LogP) is 7.01. The maximum absolute atomic E-state index is 13.8. The summed E-state index contributed by atoms with van der Waals surface area (Å²) in [5.41, 5.74) is 2.16. The van der Waals surface area contributed by atoms with Gasteiger partial charge in [0.2, 0.25) is 5.91 Å². The van der Waals surface area contributed by atoms with Gasteiger partial charge < -0.3 is 4.90 Å². The van der Waals surface area contributed by atoms with Gasteiger partial charge in [-0.2, -0.15) is 0 Å². The third-order valence-electron chi connectivity index (χ3n) is 6.33. The van der Waals surface area contributed by atoms with Gasteiger partial charge in [-0.05, 0) is 62.1 Å². The van der Waals surface area contributed by atoms with E-state index in [9.17, 15) is 9.59 Å². The molecule has 5 nitrogen and oxygen atoms in total. The number of unbranched alkanes of at least 4 members (excludes halogenated alkanes) is 3. The number of nitrogens with zero attached hydrogens (tertiary/aromatic N) is 3. The maximum atomic E-state index is 13.8. The normalized spacial score (nSPS) is 12.1. The summed E-state index contributed by atoms with van der Waals surface area (Å²) in [6, 6.07) is 12.6. The fourth-order valence-electron chi connectivity index (χ4n) is 4.47. The summed E-state index contributed by atoms with van der Waals surface area (Å²) in [5.74, 6) is 0.743. The molecule has 0 radical (unpaired) electrons. The van der Waals surface area contributed by atoms with E-state index in [4.69, 9.17) is 16.6 Å². The Kier molecular flexibility index (Phi) is 9.28. The Bertz CT molecular complexity index is 1190. The number of para-hydroxylation sites is 1. The molecule has 6 heteroatoms. The number of aryl methyl sites for hydroxylation is 1. The van der Waals surface area contributed by atoms with Crippen molar-refractivity contribution in [3.8, 4) is 5.69 Å². The number of benzene rings is 2. The molecule has 0 aliphatic heterocycles. The number of carbonyl (C=O) groups is 1. The molecule has 1 unspecified atom stereocenters. The van der Waals surface area contributed by atoms with E-state index >= 15 is 0 Å². The average molecular weight is 482 g/mol. The highest BCUT2D eigenvalue weighted by molar-refractivity contribution is 6.30. The molecule has 3 rings (SSSR count). The summed E-state index contributed by atoms with van der Waals surface area (Å²) in [7, 11) is 0. The van der Waals surface area contributed by atoms with Crippen molar-refractivity contribution in [2.75, 3.05) is 6.54 Å². The first-order valence-corrected chi connectivity index (χ1v) is 12.9. The number of hydrogen-bond donors (Lipinski definition) is 0. The van der Waals surface area contributed by atoms with Gasteiger partial charge in [0.1, 0.15) is 5.82 Å². The van der Waals surface area contributed by atoms with Crippen molar-refractivity contribution in [3.63, 3.8) is 0 Å². The molecule has 2 aromatic carbocycles. The molecular formula is C28H36ClN3O2. The van der Waals surface area contributed by atoms with E-state index in [0.717, 1.165) is 43.4 Å². The molecule has 1 heterocycles. The summed E-state index contributed by atoms with van der Waals surface area (Å²) < 4.78 is 1.69. The largest absolute Gasteiger partial charge is 0.333 e. The molecule has 1 aromatic heterocycles. The van der Waals surface area contributed by atoms with Crippen molar-refractivity contribution in [2.24, 2.45) is 0 Å². The van der Waals surface area contributed by atoms with E-state index in [0.29, 0.717) is 41.1 Å². The van der Waals surface area contributed by atoms with Gasteiger partial charge in [-0.25, -0.2) is 4.98 Å². The number of rotatable bonds is 11. The number of halogens is 1. The lowest BCUT2D eigenvalue weighted by Gasteiger charge is -2.33. The first kappa shape index (κ1) is 26.0. The first-order valence-electron chi connectivity index (χ1n) is 12.5. The van der Waals surface area contributed by atoms with Crippen LogP contribution in [0.1, 0.15) is 83.1 Å². The molecule has 0 aliphatic rings. The van der Waals surface area contributed by atoms with Gasteiger partial charge >= 0.3 is 0 Å². The molecule has 1 amide bonds. The van der Waals surface area contributed by atoms with Crippen molar-refractivity contribution in [3.05, 3.63) is 69.2 Å². The van der Waals surface area contributed by atoms with Crippen LogP contribution in [-0.4, -0.2) is 26.9 Å². The highest BCUT2D eigenvalue weighted by Crippen LogP contribution is 2.29. The van der Waals surface area contributed by atoms with Crippen LogP contribution in [0.4, 0.5) is 0 Å². The number of fused-ring (bicyclic) bond motifs is 1. The minimum absolute atomic E-state index is 0.127. The highest BCUT2D eigenvalue weighted by Gasteiger charge is 2.28. The number of amides is 1. The quantitative estimate of drug-likeness (QED) is 0.277. The lowest BCUT2D eigenvalue weighted by atomic mass is 10.1. The second-order valence-electron chi connectivity index (χ2n) is 8.88. The molecule has 0 fully saturated rings. The summed E-state index contributed by atoms with van der Waals surface area (Å²) in [6.07, 6.45) is 6.07. The minimum Gasteiger partial charge on any atom is -0.333 e. The van der Waals surface area contributed by atoms with E-state index < -0.39 is 0 Å². The van der Waals surface area contributed by atoms with Gasteiger partial charge in [-0.1, -0.05) is 63.8 Å². The summed E-state index contributed by atoms with van der Waals surface area (Å²) in [5, 5.41) is 1.18. The van der Waals surface area contributed by atoms with Gasteiger partial charge in [0.15, 0.2) is 0 Å². The highest BCUT2D eigenvalue weighted by atomic mass is 35.5. The Morgan fingerprint density at radius 2 is 1.79 bits per heavy atom. The van der Waals surface area contributed by atoms with Gasteiger partial charge in [0, 0.05) is 18.0 Å². The fourth-order valence-corrected chi connectivity index (χ4v) is 4.70. The molecule has 0 N–H and O–H groups in total. The van der Waals surface area contributed by atoms with Crippen LogP contribution in [0.5, 0.6) is 0 Å². The Morgan fingerprint density at radius 3 is 2.47 bits per heavy atom. The van der Waals surface area contributed by atoms with Crippen LogP contribution in [0, 0.1) is 6.92 Å². The van der Waals surface area contributed by atoms with Gasteiger partial charge in [0.05, 0.1) is 22.6 Å². The molecule has 0 saturated heterocycles. The third-order valence-corrected chi connectivity index (χ3v) is 6.56. The number of aromatic nitrogens is 2. The monoisotopic (exact) mass is 481 g/mol. The van der Waals surface area contributed by atoms with Crippen molar-refractivity contribution in [1.29, 1.82) is 0 Å². The zero-order valence-corrected chi connectivity index (χ0v) is 21.6. The molecule has 0 saturated carbocycles. The Morgan fingerprint density at radius 1 is 1.06 bits per heavy atom. The molecule has 182 valence electrons. The van der Waals surface area contributed by atoms with Crippen LogP contribution in [0.25, 0.3) is 16.6 Å². The van der Waals surface area contributed by atoms with E-state index in [2.05, 4.69) is 20.8 Å². The Balaban J connectivity index is 2.22. The Labute approximate surface area is 207 Å². The van der Waals surface area contributed by atoms with E-state index in [1.54, 1.807) is 10.6 Å². The zero-order valence-electron chi connectivity index (χ0n) is 20.8. The average Bonchev–Trinajstić information content (AvgIpc) is 2.82. The van der Waals surface area contributed by atoms with Gasteiger partial charge in [-0.3, -0.25) is 14.2 Å².